The lowest BCUT2D eigenvalue weighted by Gasteiger charge is -2.19. The fourth-order valence-corrected chi connectivity index (χ4v) is 4.95. The van der Waals surface area contributed by atoms with Gasteiger partial charge in [0, 0.05) is 6.54 Å². The van der Waals surface area contributed by atoms with Gasteiger partial charge in [0.1, 0.15) is 18.1 Å². The van der Waals surface area contributed by atoms with Gasteiger partial charge in [-0.05, 0) is 80.0 Å². The first-order valence-corrected chi connectivity index (χ1v) is 12.6. The molecule has 4 rings (SSSR count). The predicted molar refractivity (Wildman–Crippen MR) is 137 cm³/mol. The average molecular weight is 535 g/mol. The summed E-state index contributed by atoms with van der Waals surface area (Å²) in [4.78, 5) is 36.1. The van der Waals surface area contributed by atoms with Gasteiger partial charge in [0.25, 0.3) is 5.91 Å². The van der Waals surface area contributed by atoms with E-state index in [4.69, 9.17) is 43.2 Å². The molecule has 0 N–H and O–H groups in total. The van der Waals surface area contributed by atoms with E-state index in [0.717, 1.165) is 22.4 Å². The summed E-state index contributed by atoms with van der Waals surface area (Å²) >= 11 is 12.7. The molecule has 2 aliphatic rings. The first-order valence-electron chi connectivity index (χ1n) is 11.0. The van der Waals surface area contributed by atoms with Crippen molar-refractivity contribution in [1.29, 1.82) is 0 Å². The number of rotatable bonds is 9. The summed E-state index contributed by atoms with van der Waals surface area (Å²) in [7, 11) is 0. The number of hydrogen-bond donors (Lipinski definition) is 0. The summed E-state index contributed by atoms with van der Waals surface area (Å²) in [5.74, 6) is 0.789. The molecular weight excluding hydrogens is 512 g/mol. The lowest BCUT2D eigenvalue weighted by molar-refractivity contribution is -0.381. The van der Waals surface area contributed by atoms with Crippen molar-refractivity contribution in [2.45, 2.75) is 26.3 Å². The zero-order valence-electron chi connectivity index (χ0n) is 19.1. The van der Waals surface area contributed by atoms with Crippen molar-refractivity contribution < 1.29 is 28.9 Å². The first-order chi connectivity index (χ1) is 16.9. The number of nitrogens with zero attached hydrogens (tertiary/aromatic N) is 2. The first kappa shape index (κ1) is 25.5. The van der Waals surface area contributed by atoms with Crippen LogP contribution in [0.4, 0.5) is 4.79 Å². The van der Waals surface area contributed by atoms with Gasteiger partial charge in [-0.25, -0.2) is 9.68 Å². The van der Waals surface area contributed by atoms with Crippen molar-refractivity contribution in [2.24, 2.45) is 0 Å². The maximum atomic E-state index is 12.5. The van der Waals surface area contributed by atoms with Gasteiger partial charge in [-0.3, -0.25) is 4.79 Å². The van der Waals surface area contributed by atoms with Crippen LogP contribution in [0, 0.1) is 0 Å². The normalized spacial score (nSPS) is 19.1. The van der Waals surface area contributed by atoms with Gasteiger partial charge >= 0.3 is 6.09 Å². The highest BCUT2D eigenvalue weighted by atomic mass is 35.5. The summed E-state index contributed by atoms with van der Waals surface area (Å²) in [6, 6.07) is 12.9. The summed E-state index contributed by atoms with van der Waals surface area (Å²) in [6.45, 7) is 4.98. The predicted octanol–water partition coefficient (Wildman–Crippen LogP) is 5.60. The molecule has 2 amide bonds. The zero-order chi connectivity index (χ0) is 24.9. The van der Waals surface area contributed by atoms with E-state index in [-0.39, 0.29) is 23.1 Å². The topological polar surface area (TPSA) is 77.5 Å². The Morgan fingerprint density at radius 2 is 1.91 bits per heavy atom. The van der Waals surface area contributed by atoms with Crippen LogP contribution in [0.5, 0.6) is 11.5 Å². The van der Waals surface area contributed by atoms with Gasteiger partial charge in [-0.15, -0.1) is 10.1 Å². The Morgan fingerprint density at radius 1 is 1.17 bits per heavy atom. The molecule has 184 valence electrons. The number of carbonyl (C=O) groups excluding carboxylic acids is 2. The molecule has 0 aromatic heterocycles. The molecule has 8 nitrogen and oxygen atoms in total. The molecule has 1 atom stereocenters. The number of thioether (sulfide) groups is 1. The summed E-state index contributed by atoms with van der Waals surface area (Å²) in [6.07, 6.45) is 2.10. The molecule has 11 heteroatoms. The average Bonchev–Trinajstić information content (AvgIpc) is 3.32. The number of carbonyl (C=O) groups is 2. The maximum Gasteiger partial charge on any atom is 0.410 e. The molecule has 2 fully saturated rings. The number of cyclic esters (lactones) is 1. The Labute approximate surface area is 217 Å². The monoisotopic (exact) mass is 534 g/mol. The van der Waals surface area contributed by atoms with Gasteiger partial charge in [0.15, 0.2) is 4.32 Å². The number of hydroxylamine groups is 2. The summed E-state index contributed by atoms with van der Waals surface area (Å²) in [5.41, 5.74) is 1.72. The van der Waals surface area contributed by atoms with Crippen molar-refractivity contribution in [3.8, 4) is 11.5 Å². The number of likely N-dealkylation sites (N-methyl/N-ethyl adjacent to an activating group) is 1. The van der Waals surface area contributed by atoms with Crippen molar-refractivity contribution in [2.75, 3.05) is 19.8 Å². The van der Waals surface area contributed by atoms with Crippen LogP contribution >= 0.6 is 35.6 Å². The van der Waals surface area contributed by atoms with E-state index < -0.39 is 5.91 Å². The summed E-state index contributed by atoms with van der Waals surface area (Å²) < 4.78 is 11.3. The molecule has 0 aliphatic carbocycles. The van der Waals surface area contributed by atoms with E-state index in [1.54, 1.807) is 36.1 Å². The molecule has 35 heavy (non-hydrogen) atoms. The van der Waals surface area contributed by atoms with E-state index in [9.17, 15) is 9.59 Å². The van der Waals surface area contributed by atoms with Gasteiger partial charge in [0.2, 0.25) is 0 Å². The smallest absolute Gasteiger partial charge is 0.410 e. The zero-order valence-corrected chi connectivity index (χ0v) is 21.5. The Hall–Kier alpha value is -2.63. The number of amides is 2. The highest BCUT2D eigenvalue weighted by Gasteiger charge is 2.34. The quantitative estimate of drug-likeness (QED) is 0.178. The number of thiocarbonyl (C=S) groups is 1. The maximum absolute atomic E-state index is 12.5. The number of halogens is 1. The molecule has 2 aromatic carbocycles. The second-order valence-corrected chi connectivity index (χ2v) is 9.69. The third kappa shape index (κ3) is 5.96. The largest absolute Gasteiger partial charge is 0.457 e. The Bertz CT molecular complexity index is 1160. The molecule has 2 aliphatic heterocycles. The molecule has 2 saturated heterocycles. The number of ether oxygens (including phenoxy) is 2. The molecule has 0 radical (unpaired) electrons. The van der Waals surface area contributed by atoms with Crippen LogP contribution in [0.15, 0.2) is 47.4 Å². The third-order valence-electron chi connectivity index (χ3n) is 5.31. The summed E-state index contributed by atoms with van der Waals surface area (Å²) in [5, 5.41) is 1.35. The van der Waals surface area contributed by atoms with Crippen molar-refractivity contribution in [1.82, 2.24) is 9.96 Å². The third-order valence-corrected chi connectivity index (χ3v) is 6.90. The van der Waals surface area contributed by atoms with Crippen LogP contribution in [-0.4, -0.2) is 52.1 Å². The van der Waals surface area contributed by atoms with E-state index in [1.807, 2.05) is 31.2 Å². The van der Waals surface area contributed by atoms with E-state index in [1.165, 1.54) is 0 Å². The minimum Gasteiger partial charge on any atom is -0.457 e. The van der Waals surface area contributed by atoms with Gasteiger partial charge in [-0.1, -0.05) is 35.5 Å². The highest BCUT2D eigenvalue weighted by Crippen LogP contribution is 2.35. The minimum atomic E-state index is -0.416. The van der Waals surface area contributed by atoms with Crippen LogP contribution in [0.3, 0.4) is 0 Å². The molecule has 0 spiro atoms. The van der Waals surface area contributed by atoms with E-state index in [0.29, 0.717) is 46.6 Å². The van der Waals surface area contributed by atoms with Crippen LogP contribution in [0.25, 0.3) is 6.08 Å². The minimum absolute atomic E-state index is 0.0387. The van der Waals surface area contributed by atoms with Crippen molar-refractivity contribution in [3.63, 3.8) is 0 Å². The fraction of sp³-hybridized carbons (Fsp3) is 0.292. The lowest BCUT2D eigenvalue weighted by Crippen LogP contribution is -2.34. The van der Waals surface area contributed by atoms with E-state index in [2.05, 4.69) is 0 Å². The molecule has 2 heterocycles. The molecular formula is C24H23ClN2O6S2. The second kappa shape index (κ2) is 11.4. The van der Waals surface area contributed by atoms with Crippen LogP contribution in [0.1, 0.15) is 25.0 Å². The van der Waals surface area contributed by atoms with Crippen LogP contribution in [0.2, 0.25) is 5.02 Å². The number of benzene rings is 2. The van der Waals surface area contributed by atoms with Crippen molar-refractivity contribution >= 4 is 58.0 Å². The van der Waals surface area contributed by atoms with Crippen molar-refractivity contribution in [3.05, 3.63) is 63.5 Å². The molecule has 2 aromatic rings. The van der Waals surface area contributed by atoms with Gasteiger partial charge < -0.3 is 14.4 Å². The molecule has 1 unspecified atom stereocenters. The van der Waals surface area contributed by atoms with Gasteiger partial charge in [0.05, 0.1) is 22.6 Å². The number of hydrogen-bond acceptors (Lipinski definition) is 8. The fourth-order valence-electron chi connectivity index (χ4n) is 3.60. The van der Waals surface area contributed by atoms with Gasteiger partial charge in [-0.2, -0.15) is 0 Å². The second-order valence-electron chi connectivity index (χ2n) is 7.61. The van der Waals surface area contributed by atoms with Crippen LogP contribution < -0.4 is 4.74 Å². The van der Waals surface area contributed by atoms with Crippen LogP contribution in [-0.2, 0) is 25.8 Å². The standard InChI is InChI=1S/C24H23ClN2O6S2/c1-3-26-17(14-30-23(26)29)11-15-5-8-18(9-6-15)32-19-10-7-16(20(25)13-19)12-21-22(28)27(24(34)35-21)33-31-4-2/h5-10,12-13,17H,3-4,11,14H2,1-2H3/b21-12+. The van der Waals surface area contributed by atoms with E-state index >= 15 is 0 Å². The lowest BCUT2D eigenvalue weighted by atomic mass is 10.1. The molecule has 0 bridgehead atoms. The Kier molecular flexibility index (Phi) is 8.30. The SMILES string of the molecule is CCOON1C(=O)/C(=C\c2ccc(Oc3ccc(CC4COC(=O)N4CC)cc3)cc2Cl)SC1=S. The Morgan fingerprint density at radius 3 is 2.60 bits per heavy atom. The highest BCUT2D eigenvalue weighted by molar-refractivity contribution is 8.26. The Balaban J connectivity index is 1.39. The molecule has 0 saturated carbocycles.